The van der Waals surface area contributed by atoms with Gasteiger partial charge in [0.05, 0.1) is 69.3 Å². The molecule has 27 nitrogen and oxygen atoms in total. The molecule has 0 saturated carbocycles. The van der Waals surface area contributed by atoms with E-state index in [0.29, 0.717) is 65.3 Å². The SMILES string of the molecule is C=CC(=O)Nc1cccc(Oc2nc(Cl)ncc2OC)c1.C=CC(=O)Nc1cccc(Oc2nc(Nc3ccc4c(ccn4CCF)c3)ncc2OC)c1.CCO.FCCBr.Nc1ccc2c(ccn2CCF)c1.Nc1ccc2c(ccn2CCF)c1.O=[N+]([O-])c1ccc2[nH]ccc2c1.O=[N+]([O-])c1ccc2c(ccn2CCF)c1. The van der Waals surface area contributed by atoms with E-state index in [-0.39, 0.29) is 73.4 Å². The van der Waals surface area contributed by atoms with Gasteiger partial charge in [-0.15, -0.1) is 0 Å². The number of aliphatic hydroxyl groups is 1. The number of fused-ring (bicyclic) bond motifs is 5. The van der Waals surface area contributed by atoms with Crippen molar-refractivity contribution in [2.45, 2.75) is 33.1 Å². The minimum absolute atomic E-state index is 0.0434. The molecule has 0 saturated heterocycles. The number of methoxy groups -OCH3 is 2. The van der Waals surface area contributed by atoms with Gasteiger partial charge in [-0.1, -0.05) is 41.2 Å². The van der Waals surface area contributed by atoms with Crippen LogP contribution >= 0.6 is 27.5 Å². The first-order valence-electron chi connectivity index (χ1n) is 34.5. The van der Waals surface area contributed by atoms with Gasteiger partial charge in [0.15, 0.2) is 11.5 Å². The lowest BCUT2D eigenvalue weighted by Gasteiger charge is -2.12. The van der Waals surface area contributed by atoms with Crippen LogP contribution in [0.15, 0.2) is 239 Å². The second-order valence-corrected chi connectivity index (χ2v) is 24.4. The number of benzene rings is 7. The summed E-state index contributed by atoms with van der Waals surface area (Å²) < 4.78 is 89.1. The van der Waals surface area contributed by atoms with Crippen LogP contribution in [-0.4, -0.2) is 129 Å². The first-order valence-corrected chi connectivity index (χ1v) is 36.0. The summed E-state index contributed by atoms with van der Waals surface area (Å²) in [5.74, 6) is 1.68. The molecule has 2 amide bonds. The van der Waals surface area contributed by atoms with Crippen molar-refractivity contribution < 1.29 is 65.4 Å². The quantitative estimate of drug-likeness (QED) is 0.00595. The third-order valence-corrected chi connectivity index (χ3v) is 16.0. The number of nitrogens with zero attached hydrogens (tertiary/aromatic N) is 10. The Morgan fingerprint density at radius 2 is 0.956 bits per heavy atom. The normalized spacial score (nSPS) is 10.3. The molecular formula is C80H81BrClF5N16O11. The highest BCUT2D eigenvalue weighted by Gasteiger charge is 2.16. The summed E-state index contributed by atoms with van der Waals surface area (Å²) in [4.78, 5) is 62.3. The number of aromatic nitrogens is 9. The van der Waals surface area contributed by atoms with Gasteiger partial charge in [0.1, 0.15) is 38.2 Å². The molecule has 9 N–H and O–H groups in total. The van der Waals surface area contributed by atoms with E-state index in [9.17, 15) is 51.8 Å². The lowest BCUT2D eigenvalue weighted by molar-refractivity contribution is -0.384. The zero-order valence-electron chi connectivity index (χ0n) is 61.9. The summed E-state index contributed by atoms with van der Waals surface area (Å²) in [6.45, 7) is 8.37. The molecule has 14 aromatic rings. The van der Waals surface area contributed by atoms with E-state index >= 15 is 0 Å². The number of carbonyl (C=O) groups is 2. The molecule has 114 heavy (non-hydrogen) atoms. The van der Waals surface area contributed by atoms with Crippen molar-refractivity contribution in [3.63, 3.8) is 0 Å². The van der Waals surface area contributed by atoms with Crippen LogP contribution in [0.5, 0.6) is 34.8 Å². The molecule has 0 aliphatic heterocycles. The highest BCUT2D eigenvalue weighted by Crippen LogP contribution is 2.34. The fourth-order valence-electron chi connectivity index (χ4n) is 10.5. The first-order chi connectivity index (χ1) is 55.1. The summed E-state index contributed by atoms with van der Waals surface area (Å²) in [6, 6.07) is 49.3. The zero-order valence-corrected chi connectivity index (χ0v) is 64.2. The van der Waals surface area contributed by atoms with Gasteiger partial charge in [-0.2, -0.15) is 9.97 Å². The number of anilines is 6. The van der Waals surface area contributed by atoms with E-state index in [1.807, 2.05) is 111 Å². The van der Waals surface area contributed by atoms with Gasteiger partial charge < -0.3 is 74.7 Å². The summed E-state index contributed by atoms with van der Waals surface area (Å²) in [7, 11) is 2.97. The van der Waals surface area contributed by atoms with Gasteiger partial charge in [0.2, 0.25) is 23.0 Å². The highest BCUT2D eigenvalue weighted by molar-refractivity contribution is 9.09. The molecule has 0 spiro atoms. The van der Waals surface area contributed by atoms with E-state index in [1.165, 1.54) is 57.0 Å². The van der Waals surface area contributed by atoms with E-state index in [4.69, 9.17) is 47.1 Å². The summed E-state index contributed by atoms with van der Waals surface area (Å²) in [6.07, 6.45) is 14.4. The van der Waals surface area contributed by atoms with Gasteiger partial charge in [-0.05, 0) is 152 Å². The molecule has 7 heterocycles. The number of hydrogen-bond acceptors (Lipinski definition) is 18. The zero-order chi connectivity index (χ0) is 82.5. The van der Waals surface area contributed by atoms with Crippen molar-refractivity contribution in [3.8, 4) is 34.8 Å². The summed E-state index contributed by atoms with van der Waals surface area (Å²) >= 11 is 8.61. The van der Waals surface area contributed by atoms with Crippen LogP contribution in [0.1, 0.15) is 6.92 Å². The van der Waals surface area contributed by atoms with Crippen molar-refractivity contribution in [1.82, 2.24) is 43.2 Å². The van der Waals surface area contributed by atoms with Crippen LogP contribution in [0.25, 0.3) is 54.5 Å². The molecule has 7 aromatic carbocycles. The number of aryl methyl sites for hydroxylation is 4. The fraction of sp³-hybridized carbons (Fsp3) is 0.175. The van der Waals surface area contributed by atoms with Gasteiger partial charge in [0.25, 0.3) is 23.1 Å². The number of hydrogen-bond donors (Lipinski definition) is 7. The number of halogens is 7. The molecule has 34 heteroatoms. The van der Waals surface area contributed by atoms with E-state index in [0.717, 1.165) is 71.6 Å². The number of aromatic amines is 1. The van der Waals surface area contributed by atoms with Crippen molar-refractivity contribution in [2.24, 2.45) is 0 Å². The molecule has 14 rings (SSSR count). The molecule has 0 atom stereocenters. The topological polar surface area (TPSA) is 353 Å². The minimum atomic E-state index is -0.444. The number of H-pyrrole nitrogens is 1. The summed E-state index contributed by atoms with van der Waals surface area (Å²) in [5.41, 5.74) is 19.5. The lowest BCUT2D eigenvalue weighted by Crippen LogP contribution is -2.07. The van der Waals surface area contributed by atoms with Crippen molar-refractivity contribution >= 4 is 140 Å². The molecule has 7 aromatic heterocycles. The maximum atomic E-state index is 12.7. The van der Waals surface area contributed by atoms with E-state index in [1.54, 1.807) is 96.7 Å². The number of nitro groups is 2. The third kappa shape index (κ3) is 26.4. The Kier molecular flexibility index (Phi) is 35.2. The third-order valence-electron chi connectivity index (χ3n) is 15.6. The summed E-state index contributed by atoms with van der Waals surface area (Å²) in [5, 5.41) is 42.1. The number of amides is 2. The number of non-ortho nitro benzene ring substituents is 2. The average Bonchev–Trinajstić information content (AvgIpc) is 1.62. The molecular weight excluding hydrogens is 1570 g/mol. The number of rotatable bonds is 23. The first kappa shape index (κ1) is 87.8. The number of nitrogens with one attached hydrogen (secondary N) is 4. The van der Waals surface area contributed by atoms with Crippen molar-refractivity contribution in [2.75, 3.05) is 86.9 Å². The van der Waals surface area contributed by atoms with Crippen molar-refractivity contribution in [3.05, 3.63) is 264 Å². The predicted octanol–water partition coefficient (Wildman–Crippen LogP) is 18.5. The van der Waals surface area contributed by atoms with Crippen LogP contribution < -0.4 is 46.4 Å². The van der Waals surface area contributed by atoms with E-state index < -0.39 is 23.2 Å². The Bertz CT molecular complexity index is 5410. The number of aliphatic hydroxyl groups excluding tert-OH is 1. The largest absolute Gasteiger partial charge is 0.490 e. The maximum absolute atomic E-state index is 12.7. The van der Waals surface area contributed by atoms with Crippen LogP contribution in [0.3, 0.4) is 0 Å². The monoisotopic (exact) mass is 1650 g/mol. The molecule has 0 fully saturated rings. The molecule has 0 bridgehead atoms. The highest BCUT2D eigenvalue weighted by atomic mass is 79.9. The number of nitro benzene ring substituents is 2. The van der Waals surface area contributed by atoms with Crippen LogP contribution in [0.4, 0.5) is 67.7 Å². The van der Waals surface area contributed by atoms with E-state index in [2.05, 4.69) is 70.0 Å². The van der Waals surface area contributed by atoms with Crippen LogP contribution in [-0.2, 0) is 35.8 Å². The van der Waals surface area contributed by atoms with Crippen LogP contribution in [0, 0.1) is 20.2 Å². The van der Waals surface area contributed by atoms with Crippen LogP contribution in [0.2, 0.25) is 5.28 Å². The average molecular weight is 1650 g/mol. The number of alkyl halides is 6. The predicted molar refractivity (Wildman–Crippen MR) is 441 cm³/mol. The number of nitrogen functional groups attached to an aromatic ring is 2. The van der Waals surface area contributed by atoms with Gasteiger partial charge in [0, 0.05) is 162 Å². The molecule has 0 radical (unpaired) electrons. The number of ether oxygens (including phenoxy) is 4. The van der Waals surface area contributed by atoms with Gasteiger partial charge in [-0.3, -0.25) is 34.2 Å². The van der Waals surface area contributed by atoms with Gasteiger partial charge in [-0.25, -0.2) is 27.5 Å². The smallest absolute Gasteiger partial charge is 0.270 e. The fourth-order valence-corrected chi connectivity index (χ4v) is 10.6. The Hall–Kier alpha value is -13.4. The second kappa shape index (κ2) is 45.7. The standard InChI is InChI=1S/C24H22FN5O3.C14H12ClN3O3.C10H9FN2O2.2C10H11FN2.C8H6N2O2.C2H4BrF.C2H6O/c1-3-22(31)27-17-5-4-6-19(14-17)33-23-21(32-2)15-26-24(29-23)28-18-7-8-20-16(13-18)9-11-30(20)12-10-25;1-3-12(19)17-9-5-4-6-10(7-9)21-13-11(20-2)8-16-14(15)18-13;11-4-6-12-5-3-8-7-9(13(14)15)1-2-10(8)12;2*11-4-6-13-5-3-8-7-9(12)1-2-10(8)13;11-10(12)7-1-2-8-6(5-7)3-4-9-8;3-1-2-4;1-2-3/h3-9,11,13-15H,1,10,12H2,2H3,(H,27,31)(H,26,28,29);3-8H,1H2,2H3,(H,17,19);1-3,5,7H,4,6H2;2*1-3,5,7H,4,6,12H2;1-5,9H;1-2H2;3H,2H2,1H3. The Labute approximate surface area is 663 Å². The lowest BCUT2D eigenvalue weighted by atomic mass is 10.2. The minimum Gasteiger partial charge on any atom is -0.490 e. The second-order valence-electron chi connectivity index (χ2n) is 23.3. The number of carbonyl (C=O) groups excluding carboxylic acids is 2. The molecule has 596 valence electrons. The Morgan fingerprint density at radius 1 is 0.553 bits per heavy atom. The Balaban J connectivity index is 0.000000194. The maximum Gasteiger partial charge on any atom is 0.270 e. The molecule has 0 aliphatic rings. The molecule has 0 unspecified atom stereocenters. The number of nitrogens with two attached hydrogens (primary N) is 2. The molecule has 0 aliphatic carbocycles. The van der Waals surface area contributed by atoms with Gasteiger partial charge >= 0.3 is 0 Å². The van der Waals surface area contributed by atoms with Crippen molar-refractivity contribution in [1.29, 1.82) is 0 Å². The Morgan fingerprint density at radius 3 is 1.39 bits per heavy atom.